The Labute approximate surface area is 101 Å². The van der Waals surface area contributed by atoms with Crippen LogP contribution in [0.5, 0.6) is 0 Å². The van der Waals surface area contributed by atoms with Crippen molar-refractivity contribution in [3.63, 3.8) is 0 Å². The zero-order valence-electron chi connectivity index (χ0n) is 10.1. The van der Waals surface area contributed by atoms with Crippen molar-refractivity contribution in [1.82, 2.24) is 10.3 Å². The van der Waals surface area contributed by atoms with Crippen LogP contribution in [0.4, 0.5) is 0 Å². The monoisotopic (exact) mass is 238 g/mol. The molecule has 0 radical (unpaired) electrons. The van der Waals surface area contributed by atoms with E-state index in [0.29, 0.717) is 25.2 Å². The maximum atomic E-state index is 10.7. The third kappa shape index (κ3) is 4.50. The molecule has 5 nitrogen and oxygen atoms in total. The first-order valence-electron chi connectivity index (χ1n) is 5.57. The molecule has 94 valence electrons. The lowest BCUT2D eigenvalue weighted by Gasteiger charge is -2.21. The highest BCUT2D eigenvalue weighted by Gasteiger charge is 2.16. The van der Waals surface area contributed by atoms with E-state index in [1.165, 1.54) is 6.07 Å². The quantitative estimate of drug-likeness (QED) is 0.689. The number of hydrogen-bond acceptors (Lipinski definition) is 4. The fraction of sp³-hybridized carbons (Fsp3) is 0.500. The maximum Gasteiger partial charge on any atom is 0.354 e. The van der Waals surface area contributed by atoms with E-state index < -0.39 is 11.6 Å². The number of aliphatic hydroxyl groups is 1. The lowest BCUT2D eigenvalue weighted by molar-refractivity contribution is 0.0553. The minimum Gasteiger partial charge on any atom is -0.477 e. The van der Waals surface area contributed by atoms with Crippen LogP contribution in [0.1, 0.15) is 36.5 Å². The zero-order chi connectivity index (χ0) is 12.9. The highest BCUT2D eigenvalue weighted by Crippen LogP contribution is 2.06. The van der Waals surface area contributed by atoms with Crippen molar-refractivity contribution in [3.8, 4) is 0 Å². The van der Waals surface area contributed by atoms with Crippen LogP contribution < -0.4 is 5.32 Å². The van der Waals surface area contributed by atoms with E-state index in [4.69, 9.17) is 5.11 Å². The summed E-state index contributed by atoms with van der Waals surface area (Å²) in [6.45, 7) is 4.55. The number of aromatic nitrogens is 1. The van der Waals surface area contributed by atoms with E-state index in [1.807, 2.05) is 6.92 Å². The number of carbonyl (C=O) groups is 1. The third-order valence-electron chi connectivity index (χ3n) is 2.60. The molecule has 0 aliphatic heterocycles. The van der Waals surface area contributed by atoms with Crippen LogP contribution in [0.15, 0.2) is 18.2 Å². The van der Waals surface area contributed by atoms with Crippen molar-refractivity contribution < 1.29 is 15.0 Å². The maximum absolute atomic E-state index is 10.7. The molecule has 0 saturated heterocycles. The summed E-state index contributed by atoms with van der Waals surface area (Å²) in [4.78, 5) is 14.7. The Bertz CT molecular complexity index is 391. The van der Waals surface area contributed by atoms with Crippen LogP contribution in [0.3, 0.4) is 0 Å². The van der Waals surface area contributed by atoms with Crippen molar-refractivity contribution in [2.45, 2.75) is 32.4 Å². The van der Waals surface area contributed by atoms with Gasteiger partial charge < -0.3 is 15.5 Å². The largest absolute Gasteiger partial charge is 0.477 e. The molecule has 1 unspecified atom stereocenters. The van der Waals surface area contributed by atoms with Gasteiger partial charge in [-0.2, -0.15) is 0 Å². The first-order valence-corrected chi connectivity index (χ1v) is 5.57. The third-order valence-corrected chi connectivity index (χ3v) is 2.60. The first kappa shape index (κ1) is 13.6. The second-order valence-electron chi connectivity index (χ2n) is 4.27. The number of carboxylic acid groups (broad SMARTS) is 1. The fourth-order valence-electron chi connectivity index (χ4n) is 1.28. The summed E-state index contributed by atoms with van der Waals surface area (Å²) in [5, 5.41) is 21.6. The number of nitrogens with one attached hydrogen (secondary N) is 1. The highest BCUT2D eigenvalue weighted by molar-refractivity contribution is 5.85. The Morgan fingerprint density at radius 1 is 1.53 bits per heavy atom. The normalized spacial score (nSPS) is 14.3. The Morgan fingerprint density at radius 2 is 2.24 bits per heavy atom. The van der Waals surface area contributed by atoms with Gasteiger partial charge in [0.05, 0.1) is 11.3 Å². The average molecular weight is 238 g/mol. The Morgan fingerprint density at radius 3 is 2.82 bits per heavy atom. The first-order chi connectivity index (χ1) is 7.94. The van der Waals surface area contributed by atoms with Crippen LogP contribution in [0.2, 0.25) is 0 Å². The van der Waals surface area contributed by atoms with Crippen LogP contribution in [0, 0.1) is 0 Å². The van der Waals surface area contributed by atoms with E-state index in [-0.39, 0.29) is 5.69 Å². The Balaban J connectivity index is 2.52. The minimum atomic E-state index is -1.03. The molecule has 1 heterocycles. The van der Waals surface area contributed by atoms with Crippen LogP contribution in [-0.2, 0) is 6.54 Å². The van der Waals surface area contributed by atoms with Gasteiger partial charge >= 0.3 is 5.97 Å². The van der Waals surface area contributed by atoms with E-state index in [0.717, 1.165) is 0 Å². The predicted octanol–water partition coefficient (Wildman–Crippen LogP) is 1.03. The molecule has 1 atom stereocenters. The molecule has 17 heavy (non-hydrogen) atoms. The van der Waals surface area contributed by atoms with E-state index >= 15 is 0 Å². The number of hydrogen-bond donors (Lipinski definition) is 3. The molecular weight excluding hydrogens is 220 g/mol. The molecule has 0 saturated carbocycles. The summed E-state index contributed by atoms with van der Waals surface area (Å²) >= 11 is 0. The van der Waals surface area contributed by atoms with Crippen molar-refractivity contribution in [2.75, 3.05) is 6.54 Å². The van der Waals surface area contributed by atoms with Gasteiger partial charge in [0.1, 0.15) is 5.69 Å². The number of rotatable bonds is 6. The minimum absolute atomic E-state index is 0.0338. The van der Waals surface area contributed by atoms with Gasteiger partial charge in [-0.25, -0.2) is 9.78 Å². The lowest BCUT2D eigenvalue weighted by Crippen LogP contribution is -2.36. The molecule has 1 aromatic rings. The van der Waals surface area contributed by atoms with Crippen molar-refractivity contribution >= 4 is 5.97 Å². The summed E-state index contributed by atoms with van der Waals surface area (Å²) in [6, 6.07) is 4.86. The van der Waals surface area contributed by atoms with E-state index in [2.05, 4.69) is 10.3 Å². The number of nitrogens with zero attached hydrogens (tertiary/aromatic N) is 1. The van der Waals surface area contributed by atoms with Crippen LogP contribution >= 0.6 is 0 Å². The molecule has 0 aromatic carbocycles. The van der Waals surface area contributed by atoms with Crippen molar-refractivity contribution in [3.05, 3.63) is 29.6 Å². The summed E-state index contributed by atoms with van der Waals surface area (Å²) < 4.78 is 0. The lowest BCUT2D eigenvalue weighted by atomic mass is 10.0. The second-order valence-corrected chi connectivity index (χ2v) is 4.27. The number of carboxylic acids is 1. The fourth-order valence-corrected chi connectivity index (χ4v) is 1.28. The van der Waals surface area contributed by atoms with E-state index in [1.54, 1.807) is 19.1 Å². The van der Waals surface area contributed by atoms with Gasteiger partial charge in [0.2, 0.25) is 0 Å². The van der Waals surface area contributed by atoms with E-state index in [9.17, 15) is 9.90 Å². The molecule has 0 aliphatic rings. The molecule has 1 rings (SSSR count). The molecule has 3 N–H and O–H groups in total. The number of aromatic carboxylic acids is 1. The van der Waals surface area contributed by atoms with Gasteiger partial charge in [-0.05, 0) is 25.5 Å². The summed E-state index contributed by atoms with van der Waals surface area (Å²) in [7, 11) is 0. The van der Waals surface area contributed by atoms with Gasteiger partial charge in [0.15, 0.2) is 0 Å². The van der Waals surface area contributed by atoms with Crippen LogP contribution in [0.25, 0.3) is 0 Å². The Hall–Kier alpha value is -1.46. The summed E-state index contributed by atoms with van der Waals surface area (Å²) in [5.74, 6) is -1.03. The summed E-state index contributed by atoms with van der Waals surface area (Å²) in [6.07, 6.45) is 0.655. The molecule has 0 aliphatic carbocycles. The predicted molar refractivity (Wildman–Crippen MR) is 63.8 cm³/mol. The molecule has 5 heteroatoms. The summed E-state index contributed by atoms with van der Waals surface area (Å²) in [5.41, 5.74) is -0.0620. The molecule has 0 bridgehead atoms. The SMILES string of the molecule is CCC(C)(O)CNCc1cccc(C(=O)O)n1. The highest BCUT2D eigenvalue weighted by atomic mass is 16.4. The topological polar surface area (TPSA) is 82.5 Å². The molecule has 1 aromatic heterocycles. The van der Waals surface area contributed by atoms with Gasteiger partial charge in [-0.3, -0.25) is 0 Å². The van der Waals surface area contributed by atoms with Crippen molar-refractivity contribution in [1.29, 1.82) is 0 Å². The van der Waals surface area contributed by atoms with Crippen molar-refractivity contribution in [2.24, 2.45) is 0 Å². The van der Waals surface area contributed by atoms with Gasteiger partial charge in [-0.1, -0.05) is 13.0 Å². The van der Waals surface area contributed by atoms with Gasteiger partial charge in [-0.15, -0.1) is 0 Å². The number of pyridine rings is 1. The molecular formula is C12H18N2O3. The van der Waals surface area contributed by atoms with Gasteiger partial charge in [0.25, 0.3) is 0 Å². The second kappa shape index (κ2) is 5.75. The van der Waals surface area contributed by atoms with Gasteiger partial charge in [0, 0.05) is 13.1 Å². The molecule has 0 spiro atoms. The molecule has 0 amide bonds. The Kier molecular flexibility index (Phi) is 4.60. The smallest absolute Gasteiger partial charge is 0.354 e. The average Bonchev–Trinajstić information content (AvgIpc) is 2.29. The molecule has 0 fully saturated rings. The van der Waals surface area contributed by atoms with Crippen LogP contribution in [-0.4, -0.2) is 33.3 Å². The zero-order valence-corrected chi connectivity index (χ0v) is 10.1. The standard InChI is InChI=1S/C12H18N2O3/c1-3-12(2,17)8-13-7-9-5-4-6-10(14-9)11(15)16/h4-6,13,17H,3,7-8H2,1-2H3,(H,15,16).